The molecule has 6 nitrogen and oxygen atoms in total. The average Bonchev–Trinajstić information content (AvgIpc) is 2.49. The Morgan fingerprint density at radius 3 is 2.61 bits per heavy atom. The van der Waals surface area contributed by atoms with Crippen molar-refractivity contribution in [2.24, 2.45) is 0 Å². The molecule has 0 spiro atoms. The molecule has 0 aliphatic carbocycles. The molecule has 8 heteroatoms. The molecule has 124 valence electrons. The molecule has 2 rings (SSSR count). The van der Waals surface area contributed by atoms with E-state index in [4.69, 9.17) is 27.9 Å². The van der Waals surface area contributed by atoms with Crippen LogP contribution in [0.5, 0.6) is 0 Å². The van der Waals surface area contributed by atoms with Crippen molar-refractivity contribution in [3.8, 4) is 0 Å². The monoisotopic (exact) mass is 358 g/mol. The first-order valence-corrected chi connectivity index (χ1v) is 7.89. The molecule has 1 aliphatic rings. The molecule has 1 fully saturated rings. The van der Waals surface area contributed by atoms with Gasteiger partial charge in [-0.15, -0.1) is 0 Å². The third kappa shape index (κ3) is 3.95. The quantitative estimate of drug-likeness (QED) is 0.833. The van der Waals surface area contributed by atoms with Crippen LogP contribution in [0.3, 0.4) is 0 Å². The molecule has 0 bridgehead atoms. The van der Waals surface area contributed by atoms with Gasteiger partial charge >= 0.3 is 5.97 Å². The van der Waals surface area contributed by atoms with E-state index in [0.717, 1.165) is 0 Å². The number of halogens is 2. The van der Waals surface area contributed by atoms with E-state index < -0.39 is 23.8 Å². The summed E-state index contributed by atoms with van der Waals surface area (Å²) in [6, 6.07) is 3.78. The van der Waals surface area contributed by atoms with Crippen molar-refractivity contribution in [2.75, 3.05) is 19.7 Å². The second-order valence-electron chi connectivity index (χ2n) is 4.91. The minimum atomic E-state index is -0.942. The van der Waals surface area contributed by atoms with E-state index in [0.29, 0.717) is 6.54 Å². The molecular weight excluding hydrogens is 343 g/mol. The molecule has 1 atom stereocenters. The second-order valence-corrected chi connectivity index (χ2v) is 5.73. The van der Waals surface area contributed by atoms with Crippen LogP contribution in [0, 0.1) is 0 Å². The zero-order chi connectivity index (χ0) is 17.0. The fourth-order valence-corrected chi connectivity index (χ4v) is 2.94. The molecular formula is C15H16Cl2N2O4. The van der Waals surface area contributed by atoms with Crippen LogP contribution < -0.4 is 5.32 Å². The highest BCUT2D eigenvalue weighted by Crippen LogP contribution is 2.27. The lowest BCUT2D eigenvalue weighted by molar-refractivity contribution is -0.147. The van der Waals surface area contributed by atoms with E-state index in [1.165, 1.54) is 4.90 Å². The minimum Gasteiger partial charge on any atom is -0.466 e. The molecule has 0 radical (unpaired) electrons. The number of carbonyl (C=O) groups is 3. The normalized spacial score (nSPS) is 17.6. The Hall–Kier alpha value is -1.79. The lowest BCUT2D eigenvalue weighted by Crippen LogP contribution is -2.58. The van der Waals surface area contributed by atoms with Gasteiger partial charge in [0.1, 0.15) is 6.04 Å². The van der Waals surface area contributed by atoms with Crippen LogP contribution in [0.4, 0.5) is 0 Å². The summed E-state index contributed by atoms with van der Waals surface area (Å²) in [6.07, 6.45) is -0.215. The molecule has 23 heavy (non-hydrogen) atoms. The summed E-state index contributed by atoms with van der Waals surface area (Å²) in [6.45, 7) is 2.44. The Bertz CT molecular complexity index is 616. The molecule has 0 aromatic heterocycles. The van der Waals surface area contributed by atoms with Crippen LogP contribution in [-0.4, -0.2) is 48.4 Å². The van der Waals surface area contributed by atoms with Crippen molar-refractivity contribution >= 4 is 41.0 Å². The van der Waals surface area contributed by atoms with Crippen LogP contribution in [-0.2, 0) is 14.3 Å². The number of nitrogens with one attached hydrogen (secondary N) is 1. The SMILES string of the molecule is CCOC(=O)C[C@H]1C(=O)NCCN1C(=O)c1c(Cl)cccc1Cl. The van der Waals surface area contributed by atoms with Gasteiger partial charge in [0, 0.05) is 13.1 Å². The number of ether oxygens (including phenoxy) is 1. The van der Waals surface area contributed by atoms with Gasteiger partial charge in [-0.05, 0) is 19.1 Å². The van der Waals surface area contributed by atoms with Crippen LogP contribution in [0.1, 0.15) is 23.7 Å². The maximum atomic E-state index is 12.8. The van der Waals surface area contributed by atoms with E-state index in [2.05, 4.69) is 5.32 Å². The zero-order valence-corrected chi connectivity index (χ0v) is 14.0. The fourth-order valence-electron chi connectivity index (χ4n) is 2.38. The van der Waals surface area contributed by atoms with Gasteiger partial charge < -0.3 is 15.0 Å². The van der Waals surface area contributed by atoms with Crippen molar-refractivity contribution in [1.82, 2.24) is 10.2 Å². The Kier molecular flexibility index (Phi) is 5.85. The third-order valence-electron chi connectivity index (χ3n) is 3.43. The average molecular weight is 359 g/mol. The van der Waals surface area contributed by atoms with Crippen LogP contribution >= 0.6 is 23.2 Å². The molecule has 1 aromatic carbocycles. The number of esters is 1. The Balaban J connectivity index is 2.28. The summed E-state index contributed by atoms with van der Waals surface area (Å²) < 4.78 is 4.87. The molecule has 1 aromatic rings. The fraction of sp³-hybridized carbons (Fsp3) is 0.400. The highest BCUT2D eigenvalue weighted by Gasteiger charge is 2.36. The number of amides is 2. The Morgan fingerprint density at radius 1 is 1.35 bits per heavy atom. The van der Waals surface area contributed by atoms with Gasteiger partial charge in [0.15, 0.2) is 0 Å². The molecule has 1 N–H and O–H groups in total. The standard InChI is InChI=1S/C15H16Cl2N2O4/c1-2-23-12(20)8-11-14(21)18-6-7-19(11)15(22)13-9(16)4-3-5-10(13)17/h3-5,11H,2,6-8H2,1H3,(H,18,21)/t11-/m0/s1. The van der Waals surface area contributed by atoms with E-state index in [-0.39, 0.29) is 35.2 Å². The number of piperazine rings is 1. The number of hydrogen-bond donors (Lipinski definition) is 1. The molecule has 1 saturated heterocycles. The first-order chi connectivity index (χ1) is 11.0. The van der Waals surface area contributed by atoms with Crippen molar-refractivity contribution in [3.63, 3.8) is 0 Å². The Labute approximate surface area is 143 Å². The van der Waals surface area contributed by atoms with Crippen LogP contribution in [0.25, 0.3) is 0 Å². The molecule has 1 heterocycles. The largest absolute Gasteiger partial charge is 0.466 e. The summed E-state index contributed by atoms with van der Waals surface area (Å²) in [5.41, 5.74) is 0.124. The molecule has 0 saturated carbocycles. The molecule has 1 aliphatic heterocycles. The van der Waals surface area contributed by atoms with Gasteiger partial charge in [-0.25, -0.2) is 0 Å². The van der Waals surface area contributed by atoms with Gasteiger partial charge in [0.05, 0.1) is 28.6 Å². The second kappa shape index (κ2) is 7.66. The smallest absolute Gasteiger partial charge is 0.308 e. The summed E-state index contributed by atoms with van der Waals surface area (Å²) >= 11 is 12.1. The predicted molar refractivity (Wildman–Crippen MR) is 85.5 cm³/mol. The van der Waals surface area contributed by atoms with Crippen molar-refractivity contribution in [1.29, 1.82) is 0 Å². The maximum Gasteiger partial charge on any atom is 0.308 e. The van der Waals surface area contributed by atoms with Crippen molar-refractivity contribution in [2.45, 2.75) is 19.4 Å². The summed E-state index contributed by atoms with van der Waals surface area (Å²) in [5.74, 6) is -1.43. The van der Waals surface area contributed by atoms with E-state index in [1.54, 1.807) is 25.1 Å². The minimum absolute atomic E-state index is 0.124. The summed E-state index contributed by atoms with van der Waals surface area (Å²) in [7, 11) is 0. The lowest BCUT2D eigenvalue weighted by atomic mass is 10.1. The van der Waals surface area contributed by atoms with Crippen molar-refractivity contribution < 1.29 is 19.1 Å². The van der Waals surface area contributed by atoms with E-state index in [9.17, 15) is 14.4 Å². The first-order valence-electron chi connectivity index (χ1n) is 7.14. The zero-order valence-electron chi connectivity index (χ0n) is 12.5. The molecule has 0 unspecified atom stereocenters. The van der Waals surface area contributed by atoms with Crippen molar-refractivity contribution in [3.05, 3.63) is 33.8 Å². The summed E-state index contributed by atoms with van der Waals surface area (Å²) in [5, 5.41) is 3.03. The third-order valence-corrected chi connectivity index (χ3v) is 4.06. The number of nitrogens with zero attached hydrogens (tertiary/aromatic N) is 1. The topological polar surface area (TPSA) is 75.7 Å². The van der Waals surface area contributed by atoms with Crippen LogP contribution in [0.2, 0.25) is 10.0 Å². The number of benzene rings is 1. The van der Waals surface area contributed by atoms with E-state index >= 15 is 0 Å². The predicted octanol–water partition coefficient (Wildman–Crippen LogP) is 1.89. The highest BCUT2D eigenvalue weighted by atomic mass is 35.5. The highest BCUT2D eigenvalue weighted by molar-refractivity contribution is 6.39. The number of hydrogen-bond acceptors (Lipinski definition) is 4. The van der Waals surface area contributed by atoms with Gasteiger partial charge in [-0.3, -0.25) is 14.4 Å². The first kappa shape index (κ1) is 17.6. The lowest BCUT2D eigenvalue weighted by Gasteiger charge is -2.34. The maximum absolute atomic E-state index is 12.8. The number of rotatable bonds is 4. The van der Waals surface area contributed by atoms with E-state index in [1.807, 2.05) is 0 Å². The van der Waals surface area contributed by atoms with Gasteiger partial charge in [0.2, 0.25) is 5.91 Å². The Morgan fingerprint density at radius 2 is 2.00 bits per heavy atom. The van der Waals surface area contributed by atoms with Gasteiger partial charge in [-0.2, -0.15) is 0 Å². The van der Waals surface area contributed by atoms with Gasteiger partial charge in [0.25, 0.3) is 5.91 Å². The summed E-state index contributed by atoms with van der Waals surface area (Å²) in [4.78, 5) is 37.8. The van der Waals surface area contributed by atoms with Gasteiger partial charge in [-0.1, -0.05) is 29.3 Å². The number of carbonyl (C=O) groups excluding carboxylic acids is 3. The molecule has 2 amide bonds. The van der Waals surface area contributed by atoms with Crippen LogP contribution in [0.15, 0.2) is 18.2 Å².